The summed E-state index contributed by atoms with van der Waals surface area (Å²) in [7, 11) is 3.47. The third-order valence-corrected chi connectivity index (χ3v) is 5.52. The first-order valence-corrected chi connectivity index (χ1v) is 10.5. The van der Waals surface area contributed by atoms with Gasteiger partial charge in [0.2, 0.25) is 5.91 Å². The number of piperazine rings is 1. The van der Waals surface area contributed by atoms with Crippen molar-refractivity contribution in [2.45, 2.75) is 13.3 Å². The lowest BCUT2D eigenvalue weighted by Gasteiger charge is -2.36. The minimum atomic E-state index is 0. The van der Waals surface area contributed by atoms with E-state index < -0.39 is 0 Å². The lowest BCUT2D eigenvalue weighted by molar-refractivity contribution is -0.122. The summed E-state index contributed by atoms with van der Waals surface area (Å²) in [6.07, 6.45) is 1.09. The molecule has 0 saturated carbocycles. The second-order valence-electron chi connectivity index (χ2n) is 6.92. The standard InChI is InChI=1S/C19H33N5O2S.HI/c1-16(13-17-5-4-12-27-17)14-22-19(20-2)24-9-7-23(8-10-24)15-18(25)21-6-11-26-3;/h4-5,12,16H,6-11,13-15H2,1-3H3,(H,20,22)(H,21,25);1H. The van der Waals surface area contributed by atoms with Crippen LogP contribution in [0.4, 0.5) is 0 Å². The van der Waals surface area contributed by atoms with Crippen molar-refractivity contribution in [1.29, 1.82) is 0 Å². The highest BCUT2D eigenvalue weighted by Crippen LogP contribution is 2.14. The predicted molar refractivity (Wildman–Crippen MR) is 127 cm³/mol. The van der Waals surface area contributed by atoms with E-state index in [1.54, 1.807) is 7.11 Å². The molecule has 2 rings (SSSR count). The van der Waals surface area contributed by atoms with Gasteiger partial charge in [-0.15, -0.1) is 35.3 Å². The van der Waals surface area contributed by atoms with Crippen LogP contribution in [0.1, 0.15) is 11.8 Å². The second-order valence-corrected chi connectivity index (χ2v) is 7.95. The van der Waals surface area contributed by atoms with Crippen molar-refractivity contribution in [3.05, 3.63) is 22.4 Å². The van der Waals surface area contributed by atoms with Crippen LogP contribution in [-0.4, -0.2) is 88.2 Å². The number of halogens is 1. The fourth-order valence-corrected chi connectivity index (χ4v) is 3.98. The zero-order chi connectivity index (χ0) is 19.5. The van der Waals surface area contributed by atoms with Gasteiger partial charge in [-0.3, -0.25) is 14.7 Å². The van der Waals surface area contributed by atoms with E-state index in [0.717, 1.165) is 45.1 Å². The molecule has 1 amide bonds. The molecule has 0 bridgehead atoms. The van der Waals surface area contributed by atoms with E-state index in [1.807, 2.05) is 18.4 Å². The number of methoxy groups -OCH3 is 1. The van der Waals surface area contributed by atoms with Gasteiger partial charge in [0.1, 0.15) is 0 Å². The SMILES string of the molecule is CN=C(NCC(C)Cc1cccs1)N1CCN(CC(=O)NCCOC)CC1.I. The minimum Gasteiger partial charge on any atom is -0.383 e. The first-order chi connectivity index (χ1) is 13.1. The number of carbonyl (C=O) groups excluding carboxylic acids is 1. The zero-order valence-electron chi connectivity index (χ0n) is 17.1. The first-order valence-electron chi connectivity index (χ1n) is 9.58. The van der Waals surface area contributed by atoms with E-state index in [1.165, 1.54) is 4.88 Å². The Morgan fingerprint density at radius 3 is 2.68 bits per heavy atom. The van der Waals surface area contributed by atoms with Crippen molar-refractivity contribution < 1.29 is 9.53 Å². The maximum atomic E-state index is 11.9. The van der Waals surface area contributed by atoms with Gasteiger partial charge in [0.15, 0.2) is 5.96 Å². The van der Waals surface area contributed by atoms with Crippen molar-refractivity contribution in [3.63, 3.8) is 0 Å². The third-order valence-electron chi connectivity index (χ3n) is 4.62. The quantitative estimate of drug-likeness (QED) is 0.222. The van der Waals surface area contributed by atoms with Gasteiger partial charge in [-0.25, -0.2) is 0 Å². The number of hydrogen-bond acceptors (Lipinski definition) is 5. The van der Waals surface area contributed by atoms with E-state index in [-0.39, 0.29) is 29.9 Å². The molecule has 1 aromatic rings. The summed E-state index contributed by atoms with van der Waals surface area (Å²) < 4.78 is 4.95. The maximum absolute atomic E-state index is 11.9. The molecule has 0 aromatic carbocycles. The summed E-state index contributed by atoms with van der Waals surface area (Å²) >= 11 is 1.82. The van der Waals surface area contributed by atoms with Crippen molar-refractivity contribution >= 4 is 47.2 Å². The fourth-order valence-electron chi connectivity index (χ4n) is 3.11. The Morgan fingerprint density at radius 1 is 1.32 bits per heavy atom. The molecule has 1 aliphatic heterocycles. The molecule has 0 radical (unpaired) electrons. The number of guanidine groups is 1. The Morgan fingerprint density at radius 2 is 2.07 bits per heavy atom. The van der Waals surface area contributed by atoms with Crippen molar-refractivity contribution in [2.75, 3.05) is 66.6 Å². The number of thiophene rings is 1. The zero-order valence-corrected chi connectivity index (χ0v) is 20.3. The number of ether oxygens (including phenoxy) is 1. The number of nitrogens with one attached hydrogen (secondary N) is 2. The molecule has 28 heavy (non-hydrogen) atoms. The summed E-state index contributed by atoms with van der Waals surface area (Å²) in [5.74, 6) is 1.57. The highest BCUT2D eigenvalue weighted by Gasteiger charge is 2.21. The molecule has 1 aromatic heterocycles. The maximum Gasteiger partial charge on any atom is 0.234 e. The highest BCUT2D eigenvalue weighted by molar-refractivity contribution is 14.0. The summed E-state index contributed by atoms with van der Waals surface area (Å²) in [4.78, 5) is 22.2. The predicted octanol–water partition coefficient (Wildman–Crippen LogP) is 1.50. The Bertz CT molecular complexity index is 577. The van der Waals surface area contributed by atoms with Crippen molar-refractivity contribution in [3.8, 4) is 0 Å². The van der Waals surface area contributed by atoms with Crippen molar-refractivity contribution in [2.24, 2.45) is 10.9 Å². The van der Waals surface area contributed by atoms with Gasteiger partial charge < -0.3 is 20.3 Å². The smallest absolute Gasteiger partial charge is 0.234 e. The molecular weight excluding hydrogens is 489 g/mol. The molecule has 160 valence electrons. The van der Waals surface area contributed by atoms with Gasteiger partial charge in [-0.05, 0) is 23.8 Å². The molecule has 7 nitrogen and oxygen atoms in total. The number of carbonyl (C=O) groups is 1. The first kappa shape index (κ1) is 25.1. The third kappa shape index (κ3) is 9.06. The van der Waals surface area contributed by atoms with Crippen molar-refractivity contribution in [1.82, 2.24) is 20.4 Å². The van der Waals surface area contributed by atoms with Crippen LogP contribution in [0.2, 0.25) is 0 Å². The molecule has 1 aliphatic rings. The molecule has 0 spiro atoms. The average molecular weight is 523 g/mol. The Labute approximate surface area is 189 Å². The minimum absolute atomic E-state index is 0. The highest BCUT2D eigenvalue weighted by atomic mass is 127. The molecule has 1 atom stereocenters. The molecule has 2 heterocycles. The Kier molecular flexibility index (Phi) is 12.7. The summed E-state index contributed by atoms with van der Waals surface area (Å²) in [5, 5.41) is 8.51. The molecule has 2 N–H and O–H groups in total. The number of aliphatic imine (C=N–C) groups is 1. The normalized spacial score (nSPS) is 16.4. The summed E-state index contributed by atoms with van der Waals surface area (Å²) in [6.45, 7) is 8.22. The monoisotopic (exact) mass is 523 g/mol. The molecule has 9 heteroatoms. The molecule has 1 saturated heterocycles. The summed E-state index contributed by atoms with van der Waals surface area (Å²) in [6, 6.07) is 4.30. The van der Waals surface area contributed by atoms with E-state index in [2.05, 4.69) is 49.9 Å². The molecule has 1 fully saturated rings. The van der Waals surface area contributed by atoms with Crippen LogP contribution in [0.15, 0.2) is 22.5 Å². The largest absolute Gasteiger partial charge is 0.383 e. The molecule has 0 aliphatic carbocycles. The van der Waals surface area contributed by atoms with E-state index in [0.29, 0.717) is 25.6 Å². The number of rotatable bonds is 9. The van der Waals surface area contributed by atoms with E-state index in [9.17, 15) is 4.79 Å². The van der Waals surface area contributed by atoms with E-state index >= 15 is 0 Å². The van der Waals surface area contributed by atoms with Gasteiger partial charge in [-0.1, -0.05) is 13.0 Å². The van der Waals surface area contributed by atoms with Gasteiger partial charge >= 0.3 is 0 Å². The van der Waals surface area contributed by atoms with Crippen LogP contribution in [-0.2, 0) is 16.0 Å². The molecular formula is C19H34IN5O2S. The van der Waals surface area contributed by atoms with Gasteiger partial charge in [0, 0.05) is 58.3 Å². The lowest BCUT2D eigenvalue weighted by atomic mass is 10.1. The van der Waals surface area contributed by atoms with Gasteiger partial charge in [0.25, 0.3) is 0 Å². The second kappa shape index (κ2) is 14.1. The summed E-state index contributed by atoms with van der Waals surface area (Å²) in [5.41, 5.74) is 0. The Balaban J connectivity index is 0.00000392. The van der Waals surface area contributed by atoms with Gasteiger partial charge in [-0.2, -0.15) is 0 Å². The number of amides is 1. The molecule has 1 unspecified atom stereocenters. The Hall–Kier alpha value is -0.910. The lowest BCUT2D eigenvalue weighted by Crippen LogP contribution is -2.54. The van der Waals surface area contributed by atoms with Crippen LogP contribution >= 0.6 is 35.3 Å². The topological polar surface area (TPSA) is 69.2 Å². The van der Waals surface area contributed by atoms with Crippen LogP contribution in [0, 0.1) is 5.92 Å². The van der Waals surface area contributed by atoms with Crippen LogP contribution < -0.4 is 10.6 Å². The van der Waals surface area contributed by atoms with E-state index in [4.69, 9.17) is 4.74 Å². The fraction of sp³-hybridized carbons (Fsp3) is 0.684. The average Bonchev–Trinajstić information content (AvgIpc) is 3.16. The van der Waals surface area contributed by atoms with Crippen LogP contribution in [0.25, 0.3) is 0 Å². The number of nitrogens with zero attached hydrogens (tertiary/aromatic N) is 3. The van der Waals surface area contributed by atoms with Crippen LogP contribution in [0.3, 0.4) is 0 Å². The van der Waals surface area contributed by atoms with Gasteiger partial charge in [0.05, 0.1) is 13.2 Å². The van der Waals surface area contributed by atoms with Crippen LogP contribution in [0.5, 0.6) is 0 Å². The number of hydrogen-bond donors (Lipinski definition) is 2.